The second kappa shape index (κ2) is 6.26. The molecule has 2 aromatic rings. The number of hydrogen-bond donors (Lipinski definition) is 1. The van der Waals surface area contributed by atoms with E-state index in [2.05, 4.69) is 17.5 Å². The second-order valence-corrected chi connectivity index (χ2v) is 6.43. The van der Waals surface area contributed by atoms with E-state index in [1.165, 1.54) is 29.5 Å². The van der Waals surface area contributed by atoms with Gasteiger partial charge in [-0.2, -0.15) is 5.10 Å². The molecule has 1 aliphatic rings. The van der Waals surface area contributed by atoms with Crippen LogP contribution in [0.2, 0.25) is 0 Å². The van der Waals surface area contributed by atoms with E-state index in [-0.39, 0.29) is 5.91 Å². The highest BCUT2D eigenvalue weighted by Gasteiger charge is 2.21. The molecule has 0 saturated carbocycles. The minimum absolute atomic E-state index is 0.148. The minimum atomic E-state index is -0.148. The van der Waals surface area contributed by atoms with Crippen molar-refractivity contribution in [3.8, 4) is 0 Å². The first-order valence-corrected chi connectivity index (χ1v) is 8.06. The second-order valence-electron chi connectivity index (χ2n) is 5.29. The van der Waals surface area contributed by atoms with Gasteiger partial charge in [0.1, 0.15) is 5.76 Å². The van der Waals surface area contributed by atoms with Gasteiger partial charge < -0.3 is 4.42 Å². The van der Waals surface area contributed by atoms with Crippen LogP contribution in [-0.4, -0.2) is 12.1 Å². The third-order valence-corrected chi connectivity index (χ3v) is 5.12. The van der Waals surface area contributed by atoms with Crippen LogP contribution in [0.25, 0.3) is 0 Å². The molecule has 1 amide bonds. The summed E-state index contributed by atoms with van der Waals surface area (Å²) in [4.78, 5) is 14.2. The van der Waals surface area contributed by atoms with Crippen molar-refractivity contribution < 1.29 is 9.21 Å². The van der Waals surface area contributed by atoms with Gasteiger partial charge in [0.25, 0.3) is 5.91 Å². The summed E-state index contributed by atoms with van der Waals surface area (Å²) in [6.45, 7) is 2.24. The molecule has 0 aliphatic heterocycles. The molecule has 0 aromatic carbocycles. The number of carbonyl (C=O) groups is 1. The number of rotatable bonds is 4. The van der Waals surface area contributed by atoms with Gasteiger partial charge in [-0.1, -0.05) is 13.3 Å². The summed E-state index contributed by atoms with van der Waals surface area (Å²) >= 11 is 1.59. The van der Waals surface area contributed by atoms with Crippen molar-refractivity contribution >= 4 is 23.5 Å². The summed E-state index contributed by atoms with van der Waals surface area (Å²) in [7, 11) is 0. The van der Waals surface area contributed by atoms with E-state index in [9.17, 15) is 4.79 Å². The molecular formula is C16H18N2O2S. The molecule has 1 N–H and O–H groups in total. The minimum Gasteiger partial charge on any atom is -0.463 e. The average Bonchev–Trinajstić information content (AvgIpc) is 3.15. The number of carbonyl (C=O) groups excluding carboxylic acids is 1. The Morgan fingerprint density at radius 2 is 2.52 bits per heavy atom. The first-order chi connectivity index (χ1) is 10.3. The van der Waals surface area contributed by atoms with Crippen LogP contribution in [-0.2, 0) is 12.8 Å². The zero-order chi connectivity index (χ0) is 14.7. The van der Waals surface area contributed by atoms with E-state index in [4.69, 9.17) is 4.42 Å². The molecule has 0 bridgehead atoms. The molecule has 0 unspecified atom stereocenters. The van der Waals surface area contributed by atoms with Crippen molar-refractivity contribution in [1.82, 2.24) is 5.43 Å². The standard InChI is InChI=1S/C16H18N2O2S/c1-2-11-5-6-14-12(8-11)9-15(21-14)16(19)18-17-10-13-4-3-7-20-13/h3-4,7,9-11H,2,5-6,8H2,1H3,(H,18,19)/b17-10-/t11-/m1/s1. The van der Waals surface area contributed by atoms with Crippen molar-refractivity contribution in [2.75, 3.05) is 0 Å². The molecule has 1 atom stereocenters. The first kappa shape index (κ1) is 14.1. The predicted molar refractivity (Wildman–Crippen MR) is 83.9 cm³/mol. The summed E-state index contributed by atoms with van der Waals surface area (Å²) in [5, 5.41) is 3.92. The Morgan fingerprint density at radius 3 is 3.29 bits per heavy atom. The number of hydrogen-bond acceptors (Lipinski definition) is 4. The highest BCUT2D eigenvalue weighted by Crippen LogP contribution is 2.33. The number of aryl methyl sites for hydroxylation is 1. The molecule has 0 spiro atoms. The van der Waals surface area contributed by atoms with Gasteiger partial charge in [0.2, 0.25) is 0 Å². The van der Waals surface area contributed by atoms with Crippen molar-refractivity contribution in [3.63, 3.8) is 0 Å². The van der Waals surface area contributed by atoms with Crippen molar-refractivity contribution in [1.29, 1.82) is 0 Å². The maximum Gasteiger partial charge on any atom is 0.281 e. The van der Waals surface area contributed by atoms with Gasteiger partial charge in [-0.25, -0.2) is 5.43 Å². The number of nitrogens with one attached hydrogen (secondary N) is 1. The highest BCUT2D eigenvalue weighted by molar-refractivity contribution is 7.14. The van der Waals surface area contributed by atoms with Crippen LogP contribution in [0.1, 0.15) is 45.6 Å². The monoisotopic (exact) mass is 302 g/mol. The fourth-order valence-corrected chi connectivity index (χ4v) is 3.73. The van der Waals surface area contributed by atoms with E-state index in [0.717, 1.165) is 23.6 Å². The van der Waals surface area contributed by atoms with Crippen LogP contribution in [0.3, 0.4) is 0 Å². The summed E-state index contributed by atoms with van der Waals surface area (Å²) in [6, 6.07) is 5.59. The Hall–Kier alpha value is -1.88. The molecule has 110 valence electrons. The number of amides is 1. The lowest BCUT2D eigenvalue weighted by molar-refractivity contribution is 0.0959. The Labute approximate surface area is 127 Å². The van der Waals surface area contributed by atoms with Crippen LogP contribution in [0, 0.1) is 5.92 Å². The first-order valence-electron chi connectivity index (χ1n) is 7.24. The zero-order valence-electron chi connectivity index (χ0n) is 12.0. The van der Waals surface area contributed by atoms with Gasteiger partial charge in [-0.15, -0.1) is 11.3 Å². The van der Waals surface area contributed by atoms with E-state index >= 15 is 0 Å². The van der Waals surface area contributed by atoms with Gasteiger partial charge in [0, 0.05) is 4.88 Å². The number of furan rings is 1. The van der Waals surface area contributed by atoms with Crippen LogP contribution in [0.4, 0.5) is 0 Å². The van der Waals surface area contributed by atoms with Crippen LogP contribution < -0.4 is 5.43 Å². The maximum atomic E-state index is 12.1. The van der Waals surface area contributed by atoms with Gasteiger partial charge >= 0.3 is 0 Å². The summed E-state index contributed by atoms with van der Waals surface area (Å²) < 4.78 is 5.11. The molecule has 5 heteroatoms. The van der Waals surface area contributed by atoms with Crippen LogP contribution in [0.15, 0.2) is 34.0 Å². The van der Waals surface area contributed by atoms with Gasteiger partial charge in [-0.3, -0.25) is 4.79 Å². The van der Waals surface area contributed by atoms with Crippen LogP contribution in [0.5, 0.6) is 0 Å². The van der Waals surface area contributed by atoms with Crippen LogP contribution >= 0.6 is 11.3 Å². The maximum absolute atomic E-state index is 12.1. The van der Waals surface area contributed by atoms with Gasteiger partial charge in [-0.05, 0) is 48.9 Å². The number of hydrazone groups is 1. The molecule has 0 saturated heterocycles. The quantitative estimate of drug-likeness (QED) is 0.692. The van der Waals surface area contributed by atoms with Crippen molar-refractivity contribution in [3.05, 3.63) is 45.5 Å². The molecule has 4 nitrogen and oxygen atoms in total. The van der Waals surface area contributed by atoms with E-state index in [0.29, 0.717) is 5.76 Å². The Morgan fingerprint density at radius 1 is 1.62 bits per heavy atom. The SMILES string of the molecule is CC[C@@H]1CCc2sc(C(=O)N/N=C\c3ccco3)cc2C1. The van der Waals surface area contributed by atoms with E-state index < -0.39 is 0 Å². The number of nitrogens with zero attached hydrogens (tertiary/aromatic N) is 1. The molecule has 2 heterocycles. The van der Waals surface area contributed by atoms with E-state index in [1.807, 2.05) is 6.07 Å². The lowest BCUT2D eigenvalue weighted by Gasteiger charge is -2.19. The third kappa shape index (κ3) is 3.24. The Bertz CT molecular complexity index is 643. The third-order valence-electron chi connectivity index (χ3n) is 3.89. The average molecular weight is 302 g/mol. The normalized spacial score (nSPS) is 17.9. The van der Waals surface area contributed by atoms with E-state index in [1.54, 1.807) is 29.7 Å². The summed E-state index contributed by atoms with van der Waals surface area (Å²) in [6.07, 6.45) is 7.72. The number of fused-ring (bicyclic) bond motifs is 1. The lowest BCUT2D eigenvalue weighted by Crippen LogP contribution is -2.16. The topological polar surface area (TPSA) is 54.6 Å². The molecule has 0 fully saturated rings. The predicted octanol–water partition coefficient (Wildman–Crippen LogP) is 3.62. The smallest absolute Gasteiger partial charge is 0.281 e. The fraction of sp³-hybridized carbons (Fsp3) is 0.375. The highest BCUT2D eigenvalue weighted by atomic mass is 32.1. The van der Waals surface area contributed by atoms with Crippen molar-refractivity contribution in [2.24, 2.45) is 11.0 Å². The van der Waals surface area contributed by atoms with Gasteiger partial charge in [0.05, 0.1) is 17.4 Å². The molecule has 2 aromatic heterocycles. The Balaban J connectivity index is 1.64. The summed E-state index contributed by atoms with van der Waals surface area (Å²) in [5.74, 6) is 1.23. The fourth-order valence-electron chi connectivity index (χ4n) is 2.63. The Kier molecular flexibility index (Phi) is 4.20. The van der Waals surface area contributed by atoms with Gasteiger partial charge in [0.15, 0.2) is 0 Å². The molecule has 3 rings (SSSR count). The molecule has 0 radical (unpaired) electrons. The molecule has 21 heavy (non-hydrogen) atoms. The van der Waals surface area contributed by atoms with Crippen molar-refractivity contribution in [2.45, 2.75) is 32.6 Å². The molecular weight excluding hydrogens is 284 g/mol. The summed E-state index contributed by atoms with van der Waals surface area (Å²) in [5.41, 5.74) is 3.90. The largest absolute Gasteiger partial charge is 0.463 e. The molecule has 1 aliphatic carbocycles. The lowest BCUT2D eigenvalue weighted by atomic mass is 9.87. The number of thiophene rings is 1. The zero-order valence-corrected chi connectivity index (χ0v) is 12.8.